The van der Waals surface area contributed by atoms with Crippen molar-refractivity contribution in [2.75, 3.05) is 13.1 Å². The summed E-state index contributed by atoms with van der Waals surface area (Å²) in [5, 5.41) is 8.64. The molecule has 0 saturated heterocycles. The van der Waals surface area contributed by atoms with E-state index in [9.17, 15) is 9.59 Å². The topological polar surface area (TPSA) is 57.6 Å². The Bertz CT molecular complexity index is 214. The summed E-state index contributed by atoms with van der Waals surface area (Å²) >= 11 is 0. The molecule has 4 nitrogen and oxygen atoms in total. The largest absolute Gasteiger partial charge is 0.480 e. The number of carboxylic acids is 1. The molecule has 0 aromatic heterocycles. The van der Waals surface area contributed by atoms with Gasteiger partial charge >= 0.3 is 5.97 Å². The Balaban J connectivity index is 4.09. The van der Waals surface area contributed by atoms with Gasteiger partial charge in [0.1, 0.15) is 6.54 Å². The second-order valence-electron chi connectivity index (χ2n) is 4.14. The summed E-state index contributed by atoms with van der Waals surface area (Å²) in [6, 6.07) is 0. The first-order chi connectivity index (χ1) is 6.97. The summed E-state index contributed by atoms with van der Waals surface area (Å²) < 4.78 is 0. The zero-order chi connectivity index (χ0) is 11.8. The molecule has 0 aliphatic heterocycles. The molecule has 0 bridgehead atoms. The van der Waals surface area contributed by atoms with Crippen molar-refractivity contribution in [1.82, 2.24) is 4.90 Å². The van der Waals surface area contributed by atoms with Crippen molar-refractivity contribution in [1.29, 1.82) is 0 Å². The smallest absolute Gasteiger partial charge is 0.323 e. The fourth-order valence-electron chi connectivity index (χ4n) is 1.30. The normalized spacial score (nSPS) is 10.4. The molecule has 4 heteroatoms. The summed E-state index contributed by atoms with van der Waals surface area (Å²) in [6.45, 7) is 6.39. The molecule has 0 saturated carbocycles. The molecule has 0 aromatic carbocycles. The van der Waals surface area contributed by atoms with Gasteiger partial charge in [0.05, 0.1) is 0 Å². The Morgan fingerprint density at radius 2 is 1.93 bits per heavy atom. The standard InChI is InChI=1S/C11H21NO3/c1-4-7-12(8-11(14)15)10(13)6-5-9(2)3/h9H,4-8H2,1-3H3,(H,14,15). The Kier molecular flexibility index (Phi) is 6.75. The number of carbonyl (C=O) groups excluding carboxylic acids is 1. The molecule has 0 unspecified atom stereocenters. The molecule has 0 heterocycles. The van der Waals surface area contributed by atoms with Crippen molar-refractivity contribution >= 4 is 11.9 Å². The molecule has 1 N–H and O–H groups in total. The van der Waals surface area contributed by atoms with Crippen LogP contribution in [0.1, 0.15) is 40.0 Å². The fraction of sp³-hybridized carbons (Fsp3) is 0.818. The van der Waals surface area contributed by atoms with Gasteiger partial charge in [-0.2, -0.15) is 0 Å². The van der Waals surface area contributed by atoms with Gasteiger partial charge in [-0.1, -0.05) is 20.8 Å². The lowest BCUT2D eigenvalue weighted by molar-refractivity contribution is -0.144. The molecule has 0 radical (unpaired) electrons. The van der Waals surface area contributed by atoms with E-state index in [1.54, 1.807) is 0 Å². The quantitative estimate of drug-likeness (QED) is 0.703. The first-order valence-electron chi connectivity index (χ1n) is 5.47. The monoisotopic (exact) mass is 215 g/mol. The van der Waals surface area contributed by atoms with E-state index in [-0.39, 0.29) is 12.5 Å². The third-order valence-electron chi connectivity index (χ3n) is 2.11. The summed E-state index contributed by atoms with van der Waals surface area (Å²) in [5.41, 5.74) is 0. The molecule has 0 spiro atoms. The first-order valence-corrected chi connectivity index (χ1v) is 5.47. The first kappa shape index (κ1) is 13.9. The van der Waals surface area contributed by atoms with Crippen LogP contribution in [0.4, 0.5) is 0 Å². The lowest BCUT2D eigenvalue weighted by Crippen LogP contribution is -2.36. The molecule has 0 aliphatic rings. The van der Waals surface area contributed by atoms with Gasteiger partial charge in [-0.25, -0.2) is 0 Å². The third-order valence-corrected chi connectivity index (χ3v) is 2.11. The van der Waals surface area contributed by atoms with E-state index in [0.717, 1.165) is 12.8 Å². The molecule has 0 atom stereocenters. The van der Waals surface area contributed by atoms with Crippen LogP contribution in [0.15, 0.2) is 0 Å². The van der Waals surface area contributed by atoms with Crippen LogP contribution < -0.4 is 0 Å². The average Bonchev–Trinajstić information content (AvgIpc) is 2.12. The highest BCUT2D eigenvalue weighted by atomic mass is 16.4. The number of aliphatic carboxylic acids is 1. The zero-order valence-corrected chi connectivity index (χ0v) is 9.82. The molecular formula is C11H21NO3. The predicted molar refractivity (Wildman–Crippen MR) is 58.6 cm³/mol. The van der Waals surface area contributed by atoms with Crippen LogP contribution in [-0.2, 0) is 9.59 Å². The van der Waals surface area contributed by atoms with Crippen LogP contribution in [0.3, 0.4) is 0 Å². The zero-order valence-electron chi connectivity index (χ0n) is 9.82. The van der Waals surface area contributed by atoms with Gasteiger partial charge in [-0.05, 0) is 18.8 Å². The van der Waals surface area contributed by atoms with Crippen LogP contribution in [0.5, 0.6) is 0 Å². The van der Waals surface area contributed by atoms with Crippen molar-refractivity contribution in [3.8, 4) is 0 Å². The maximum Gasteiger partial charge on any atom is 0.323 e. The minimum atomic E-state index is -0.943. The van der Waals surface area contributed by atoms with E-state index < -0.39 is 5.97 Å². The second kappa shape index (κ2) is 7.26. The van der Waals surface area contributed by atoms with E-state index >= 15 is 0 Å². The Morgan fingerprint density at radius 1 is 1.33 bits per heavy atom. The fourth-order valence-corrected chi connectivity index (χ4v) is 1.30. The van der Waals surface area contributed by atoms with Crippen molar-refractivity contribution < 1.29 is 14.7 Å². The van der Waals surface area contributed by atoms with Gasteiger partial charge in [0.2, 0.25) is 5.91 Å². The molecule has 1 amide bonds. The van der Waals surface area contributed by atoms with E-state index in [2.05, 4.69) is 13.8 Å². The summed E-state index contributed by atoms with van der Waals surface area (Å²) in [4.78, 5) is 23.6. The summed E-state index contributed by atoms with van der Waals surface area (Å²) in [6.07, 6.45) is 2.06. The van der Waals surface area contributed by atoms with Gasteiger partial charge < -0.3 is 10.0 Å². The van der Waals surface area contributed by atoms with Gasteiger partial charge in [0.25, 0.3) is 0 Å². The molecule has 0 fully saturated rings. The van der Waals surface area contributed by atoms with Crippen molar-refractivity contribution in [3.63, 3.8) is 0 Å². The lowest BCUT2D eigenvalue weighted by Gasteiger charge is -2.20. The minimum absolute atomic E-state index is 0.0482. The molecular weight excluding hydrogens is 194 g/mol. The van der Waals surface area contributed by atoms with Gasteiger partial charge in [-0.15, -0.1) is 0 Å². The number of hydrogen-bond donors (Lipinski definition) is 1. The SMILES string of the molecule is CCCN(CC(=O)O)C(=O)CCC(C)C. The Hall–Kier alpha value is -1.06. The number of amides is 1. The molecule has 88 valence electrons. The minimum Gasteiger partial charge on any atom is -0.480 e. The van der Waals surface area contributed by atoms with Crippen LogP contribution in [0.2, 0.25) is 0 Å². The van der Waals surface area contributed by atoms with Crippen molar-refractivity contribution in [2.24, 2.45) is 5.92 Å². The molecule has 0 aromatic rings. The van der Waals surface area contributed by atoms with Crippen LogP contribution in [0.25, 0.3) is 0 Å². The highest BCUT2D eigenvalue weighted by Gasteiger charge is 2.15. The molecule has 0 rings (SSSR count). The van der Waals surface area contributed by atoms with Crippen LogP contribution >= 0.6 is 0 Å². The van der Waals surface area contributed by atoms with E-state index in [0.29, 0.717) is 18.9 Å². The molecule has 15 heavy (non-hydrogen) atoms. The Morgan fingerprint density at radius 3 is 2.33 bits per heavy atom. The maximum atomic E-state index is 11.6. The van der Waals surface area contributed by atoms with Crippen LogP contribution in [0, 0.1) is 5.92 Å². The third kappa shape index (κ3) is 6.94. The highest BCUT2D eigenvalue weighted by molar-refractivity contribution is 5.81. The van der Waals surface area contributed by atoms with E-state index in [4.69, 9.17) is 5.11 Å². The van der Waals surface area contributed by atoms with Crippen molar-refractivity contribution in [2.45, 2.75) is 40.0 Å². The number of nitrogens with zero attached hydrogens (tertiary/aromatic N) is 1. The summed E-state index contributed by atoms with van der Waals surface area (Å²) in [7, 11) is 0. The predicted octanol–water partition coefficient (Wildman–Crippen LogP) is 1.75. The van der Waals surface area contributed by atoms with Gasteiger partial charge in [0.15, 0.2) is 0 Å². The molecule has 0 aliphatic carbocycles. The number of carboxylic acid groups (broad SMARTS) is 1. The number of carbonyl (C=O) groups is 2. The Labute approximate surface area is 91.3 Å². The van der Waals surface area contributed by atoms with E-state index in [1.165, 1.54) is 4.90 Å². The number of hydrogen-bond acceptors (Lipinski definition) is 2. The highest BCUT2D eigenvalue weighted by Crippen LogP contribution is 2.06. The summed E-state index contributed by atoms with van der Waals surface area (Å²) in [5.74, 6) is -0.517. The lowest BCUT2D eigenvalue weighted by atomic mass is 10.1. The van der Waals surface area contributed by atoms with E-state index in [1.807, 2.05) is 6.92 Å². The van der Waals surface area contributed by atoms with Crippen molar-refractivity contribution in [3.05, 3.63) is 0 Å². The van der Waals surface area contributed by atoms with Crippen LogP contribution in [-0.4, -0.2) is 35.0 Å². The van der Waals surface area contributed by atoms with Gasteiger partial charge in [0, 0.05) is 13.0 Å². The van der Waals surface area contributed by atoms with Gasteiger partial charge in [-0.3, -0.25) is 9.59 Å². The maximum absolute atomic E-state index is 11.6. The number of rotatable bonds is 7. The average molecular weight is 215 g/mol. The second-order valence-corrected chi connectivity index (χ2v) is 4.14.